The second kappa shape index (κ2) is 6.65. The van der Waals surface area contributed by atoms with E-state index < -0.39 is 0 Å². The third-order valence-electron chi connectivity index (χ3n) is 4.80. The van der Waals surface area contributed by atoms with Gasteiger partial charge < -0.3 is 10.7 Å². The molecule has 0 aliphatic carbocycles. The first kappa shape index (κ1) is 15.2. The predicted molar refractivity (Wildman–Crippen MR) is 98.9 cm³/mol. The highest BCUT2D eigenvalue weighted by Crippen LogP contribution is 2.19. The molecule has 0 radical (unpaired) electrons. The predicted octanol–water partition coefficient (Wildman–Crippen LogP) is 3.72. The minimum Gasteiger partial charge on any atom is -0.399 e. The summed E-state index contributed by atoms with van der Waals surface area (Å²) in [5.74, 6) is 1.00. The highest BCUT2D eigenvalue weighted by atomic mass is 15.1. The Morgan fingerprint density at radius 2 is 1.71 bits per heavy atom. The Hall–Kier alpha value is -2.33. The van der Waals surface area contributed by atoms with Gasteiger partial charge in [-0.1, -0.05) is 24.6 Å². The fraction of sp³-hybridized carbons (Fsp3) is 0.350. The van der Waals surface area contributed by atoms with Crippen molar-refractivity contribution < 1.29 is 0 Å². The Morgan fingerprint density at radius 3 is 2.50 bits per heavy atom. The Kier molecular flexibility index (Phi) is 4.22. The maximum Gasteiger partial charge on any atom is 0.111 e. The third-order valence-corrected chi connectivity index (χ3v) is 4.80. The van der Waals surface area contributed by atoms with Gasteiger partial charge in [0.15, 0.2) is 0 Å². The molecule has 1 aliphatic rings. The van der Waals surface area contributed by atoms with Gasteiger partial charge in [0.2, 0.25) is 0 Å². The lowest BCUT2D eigenvalue weighted by Gasteiger charge is -2.26. The van der Waals surface area contributed by atoms with Crippen molar-refractivity contribution in [3.8, 4) is 0 Å². The van der Waals surface area contributed by atoms with Gasteiger partial charge in [-0.05, 0) is 61.3 Å². The molecule has 2 heterocycles. The summed E-state index contributed by atoms with van der Waals surface area (Å²) in [5.41, 5.74) is 11.3. The number of imidazole rings is 1. The molecule has 0 bridgehead atoms. The van der Waals surface area contributed by atoms with Crippen LogP contribution in [0, 0.1) is 0 Å². The van der Waals surface area contributed by atoms with Crippen LogP contribution in [0.2, 0.25) is 0 Å². The number of likely N-dealkylation sites (tertiary alicyclic amines) is 1. The summed E-state index contributed by atoms with van der Waals surface area (Å²) in [5, 5.41) is 0. The highest BCUT2D eigenvalue weighted by molar-refractivity contribution is 5.76. The molecule has 1 fully saturated rings. The number of benzene rings is 2. The number of nitrogens with one attached hydrogen (secondary N) is 1. The van der Waals surface area contributed by atoms with Gasteiger partial charge in [-0.2, -0.15) is 0 Å². The molecule has 4 heteroatoms. The quantitative estimate of drug-likeness (QED) is 0.720. The number of anilines is 1. The summed E-state index contributed by atoms with van der Waals surface area (Å²) < 4.78 is 0. The smallest absolute Gasteiger partial charge is 0.111 e. The fourth-order valence-corrected chi connectivity index (χ4v) is 3.50. The third kappa shape index (κ3) is 3.44. The van der Waals surface area contributed by atoms with E-state index in [2.05, 4.69) is 40.2 Å². The molecular weight excluding hydrogens is 296 g/mol. The second-order valence-electron chi connectivity index (χ2n) is 6.79. The maximum atomic E-state index is 5.75. The van der Waals surface area contributed by atoms with Gasteiger partial charge in [-0.15, -0.1) is 0 Å². The van der Waals surface area contributed by atoms with Gasteiger partial charge >= 0.3 is 0 Å². The highest BCUT2D eigenvalue weighted by Gasteiger charge is 2.11. The monoisotopic (exact) mass is 320 g/mol. The van der Waals surface area contributed by atoms with Gasteiger partial charge in [0.25, 0.3) is 0 Å². The van der Waals surface area contributed by atoms with E-state index in [4.69, 9.17) is 10.7 Å². The summed E-state index contributed by atoms with van der Waals surface area (Å²) in [6.07, 6.45) is 4.84. The van der Waals surface area contributed by atoms with Crippen LogP contribution < -0.4 is 5.73 Å². The van der Waals surface area contributed by atoms with E-state index in [0.717, 1.165) is 35.5 Å². The number of aromatic amines is 1. The van der Waals surface area contributed by atoms with Crippen LogP contribution in [0.5, 0.6) is 0 Å². The van der Waals surface area contributed by atoms with Crippen LogP contribution in [-0.4, -0.2) is 28.0 Å². The lowest BCUT2D eigenvalue weighted by atomic mass is 10.1. The standard InChI is InChI=1S/C20H24N4/c21-17-7-4-15(5-8-17)13-20-22-18-9-6-16(12-19(18)23-20)14-24-10-2-1-3-11-24/h4-9,12H,1-3,10-11,13-14,21H2,(H,22,23). The molecule has 0 saturated carbocycles. The number of hydrogen-bond acceptors (Lipinski definition) is 3. The minimum absolute atomic E-state index is 0.797. The lowest BCUT2D eigenvalue weighted by Crippen LogP contribution is -2.29. The van der Waals surface area contributed by atoms with Crippen LogP contribution in [0.3, 0.4) is 0 Å². The van der Waals surface area contributed by atoms with Gasteiger partial charge in [0.05, 0.1) is 11.0 Å². The van der Waals surface area contributed by atoms with E-state index in [1.165, 1.54) is 43.5 Å². The molecule has 4 rings (SSSR count). The number of nitrogens with two attached hydrogens (primary N) is 1. The van der Waals surface area contributed by atoms with Crippen LogP contribution >= 0.6 is 0 Å². The van der Waals surface area contributed by atoms with Crippen molar-refractivity contribution in [3.05, 3.63) is 59.4 Å². The largest absolute Gasteiger partial charge is 0.399 e. The van der Waals surface area contributed by atoms with Crippen molar-refractivity contribution in [1.82, 2.24) is 14.9 Å². The molecule has 3 N–H and O–H groups in total. The Labute approximate surface area is 142 Å². The Morgan fingerprint density at radius 1 is 0.958 bits per heavy atom. The number of piperidine rings is 1. The summed E-state index contributed by atoms with van der Waals surface area (Å²) in [7, 11) is 0. The first-order chi connectivity index (χ1) is 11.8. The number of nitrogen functional groups attached to an aromatic ring is 1. The SMILES string of the molecule is Nc1ccc(Cc2nc3ccc(CN4CCCCC4)cc3[nH]2)cc1. The molecule has 1 saturated heterocycles. The number of nitrogens with zero attached hydrogens (tertiary/aromatic N) is 2. The molecule has 2 aromatic carbocycles. The molecule has 0 spiro atoms. The van der Waals surface area contributed by atoms with Gasteiger partial charge in [0.1, 0.15) is 5.82 Å². The van der Waals surface area contributed by atoms with Crippen molar-refractivity contribution in [2.75, 3.05) is 18.8 Å². The molecule has 0 atom stereocenters. The van der Waals surface area contributed by atoms with Crippen LogP contribution in [0.25, 0.3) is 11.0 Å². The molecule has 0 unspecified atom stereocenters. The Bertz CT molecular complexity index is 813. The fourth-order valence-electron chi connectivity index (χ4n) is 3.50. The van der Waals surface area contributed by atoms with Crippen molar-refractivity contribution in [3.63, 3.8) is 0 Å². The number of rotatable bonds is 4. The number of fused-ring (bicyclic) bond motifs is 1. The zero-order valence-electron chi connectivity index (χ0n) is 14.0. The van der Waals surface area contributed by atoms with E-state index in [1.807, 2.05) is 12.1 Å². The maximum absolute atomic E-state index is 5.75. The van der Waals surface area contributed by atoms with E-state index in [1.54, 1.807) is 0 Å². The van der Waals surface area contributed by atoms with Crippen LogP contribution in [0.15, 0.2) is 42.5 Å². The normalized spacial score (nSPS) is 15.8. The van der Waals surface area contributed by atoms with E-state index in [-0.39, 0.29) is 0 Å². The van der Waals surface area contributed by atoms with Crippen LogP contribution in [0.1, 0.15) is 36.2 Å². The first-order valence-corrected chi connectivity index (χ1v) is 8.80. The summed E-state index contributed by atoms with van der Waals surface area (Å²) >= 11 is 0. The molecular formula is C20H24N4. The van der Waals surface area contributed by atoms with Crippen LogP contribution in [-0.2, 0) is 13.0 Å². The van der Waals surface area contributed by atoms with Crippen molar-refractivity contribution in [2.24, 2.45) is 0 Å². The second-order valence-corrected chi connectivity index (χ2v) is 6.79. The van der Waals surface area contributed by atoms with Crippen molar-refractivity contribution >= 4 is 16.7 Å². The average Bonchev–Trinajstić information content (AvgIpc) is 2.99. The van der Waals surface area contributed by atoms with Crippen molar-refractivity contribution in [1.29, 1.82) is 0 Å². The Balaban J connectivity index is 1.51. The zero-order chi connectivity index (χ0) is 16.4. The molecule has 1 aromatic heterocycles. The van der Waals surface area contributed by atoms with E-state index in [9.17, 15) is 0 Å². The zero-order valence-corrected chi connectivity index (χ0v) is 14.0. The summed E-state index contributed by atoms with van der Waals surface area (Å²) in [6, 6.07) is 14.6. The van der Waals surface area contributed by atoms with E-state index in [0.29, 0.717) is 0 Å². The molecule has 0 amide bonds. The molecule has 124 valence electrons. The lowest BCUT2D eigenvalue weighted by molar-refractivity contribution is 0.221. The molecule has 3 aromatic rings. The average molecular weight is 320 g/mol. The molecule has 4 nitrogen and oxygen atoms in total. The topological polar surface area (TPSA) is 57.9 Å². The van der Waals surface area contributed by atoms with Gasteiger partial charge in [-0.3, -0.25) is 4.90 Å². The van der Waals surface area contributed by atoms with E-state index >= 15 is 0 Å². The van der Waals surface area contributed by atoms with Gasteiger partial charge in [0, 0.05) is 18.7 Å². The number of hydrogen-bond donors (Lipinski definition) is 2. The number of H-pyrrole nitrogens is 1. The summed E-state index contributed by atoms with van der Waals surface area (Å²) in [4.78, 5) is 10.7. The summed E-state index contributed by atoms with van der Waals surface area (Å²) in [6.45, 7) is 3.50. The molecule has 1 aliphatic heterocycles. The van der Waals surface area contributed by atoms with Gasteiger partial charge in [-0.25, -0.2) is 4.98 Å². The van der Waals surface area contributed by atoms with Crippen molar-refractivity contribution in [2.45, 2.75) is 32.2 Å². The molecule has 24 heavy (non-hydrogen) atoms. The minimum atomic E-state index is 0.797. The van der Waals surface area contributed by atoms with Crippen LogP contribution in [0.4, 0.5) is 5.69 Å². The number of aromatic nitrogens is 2. The first-order valence-electron chi connectivity index (χ1n) is 8.80.